The summed E-state index contributed by atoms with van der Waals surface area (Å²) in [6, 6.07) is 0.392. The van der Waals surface area contributed by atoms with Crippen molar-refractivity contribution in [1.29, 1.82) is 0 Å². The summed E-state index contributed by atoms with van der Waals surface area (Å²) in [4.78, 5) is 15.3. The highest BCUT2D eigenvalue weighted by Gasteiger charge is 2.20. The SMILES string of the molecule is CNc1nc(OC(C)C)nc(N2CCC(C)CC2)n1. The van der Waals surface area contributed by atoms with Crippen molar-refractivity contribution >= 4 is 11.9 Å². The Hall–Kier alpha value is -1.59. The zero-order valence-corrected chi connectivity index (χ0v) is 12.2. The minimum Gasteiger partial charge on any atom is -0.461 e. The van der Waals surface area contributed by atoms with Gasteiger partial charge in [0.2, 0.25) is 11.9 Å². The molecule has 1 aromatic rings. The van der Waals surface area contributed by atoms with E-state index >= 15 is 0 Å². The first kappa shape index (κ1) is 13.8. The van der Waals surface area contributed by atoms with Crippen molar-refractivity contribution < 1.29 is 4.74 Å². The minimum absolute atomic E-state index is 0.0568. The molecule has 1 fully saturated rings. The van der Waals surface area contributed by atoms with Crippen LogP contribution in [0.4, 0.5) is 11.9 Å². The highest BCUT2D eigenvalue weighted by atomic mass is 16.5. The molecule has 6 nitrogen and oxygen atoms in total. The summed E-state index contributed by atoms with van der Waals surface area (Å²) in [5.74, 6) is 2.05. The molecule has 0 bridgehead atoms. The van der Waals surface area contributed by atoms with Gasteiger partial charge in [-0.3, -0.25) is 0 Å². The first-order valence-corrected chi connectivity index (χ1v) is 6.94. The fourth-order valence-corrected chi connectivity index (χ4v) is 2.07. The second kappa shape index (κ2) is 6.04. The molecular formula is C13H23N5O. The van der Waals surface area contributed by atoms with E-state index in [1.54, 1.807) is 7.05 Å². The van der Waals surface area contributed by atoms with Crippen LogP contribution in [0.1, 0.15) is 33.6 Å². The summed E-state index contributed by atoms with van der Waals surface area (Å²) < 4.78 is 5.58. The van der Waals surface area contributed by atoms with E-state index in [0.717, 1.165) is 19.0 Å². The van der Waals surface area contributed by atoms with Crippen molar-refractivity contribution in [2.75, 3.05) is 30.4 Å². The summed E-state index contributed by atoms with van der Waals surface area (Å²) in [6.07, 6.45) is 2.42. The van der Waals surface area contributed by atoms with E-state index < -0.39 is 0 Å². The van der Waals surface area contributed by atoms with Crippen LogP contribution in [-0.4, -0.2) is 41.2 Å². The molecule has 1 aromatic heterocycles. The monoisotopic (exact) mass is 265 g/mol. The van der Waals surface area contributed by atoms with Crippen LogP contribution in [-0.2, 0) is 0 Å². The first-order valence-electron chi connectivity index (χ1n) is 6.94. The molecule has 0 radical (unpaired) electrons. The Morgan fingerprint density at radius 3 is 2.47 bits per heavy atom. The summed E-state index contributed by atoms with van der Waals surface area (Å²) >= 11 is 0. The molecule has 2 rings (SSSR count). The maximum Gasteiger partial charge on any atom is 0.323 e. The van der Waals surface area contributed by atoms with Gasteiger partial charge in [0.05, 0.1) is 6.10 Å². The number of rotatable bonds is 4. The third-order valence-corrected chi connectivity index (χ3v) is 3.23. The average Bonchev–Trinajstić information content (AvgIpc) is 2.38. The van der Waals surface area contributed by atoms with E-state index in [9.17, 15) is 0 Å². The van der Waals surface area contributed by atoms with Gasteiger partial charge in [0.25, 0.3) is 0 Å². The van der Waals surface area contributed by atoms with Crippen LogP contribution in [0.2, 0.25) is 0 Å². The predicted molar refractivity (Wildman–Crippen MR) is 75.7 cm³/mol. The number of hydrogen-bond donors (Lipinski definition) is 1. The van der Waals surface area contributed by atoms with Crippen molar-refractivity contribution in [3.63, 3.8) is 0 Å². The predicted octanol–water partition coefficient (Wildman–Crippen LogP) is 1.94. The van der Waals surface area contributed by atoms with Gasteiger partial charge < -0.3 is 15.0 Å². The van der Waals surface area contributed by atoms with Gasteiger partial charge in [-0.2, -0.15) is 15.0 Å². The van der Waals surface area contributed by atoms with Gasteiger partial charge >= 0.3 is 6.01 Å². The zero-order chi connectivity index (χ0) is 13.8. The fourth-order valence-electron chi connectivity index (χ4n) is 2.07. The standard InChI is InChI=1S/C13H23N5O/c1-9(2)19-13-16-11(14-4)15-12(17-13)18-7-5-10(3)6-8-18/h9-10H,5-8H2,1-4H3,(H,14,15,16,17). The van der Waals surface area contributed by atoms with E-state index in [4.69, 9.17) is 4.74 Å². The molecule has 0 unspecified atom stereocenters. The summed E-state index contributed by atoms with van der Waals surface area (Å²) in [7, 11) is 1.80. The Balaban J connectivity index is 2.18. The van der Waals surface area contributed by atoms with Crippen LogP contribution in [0.15, 0.2) is 0 Å². The first-order chi connectivity index (χ1) is 9.08. The summed E-state index contributed by atoms with van der Waals surface area (Å²) in [5, 5.41) is 2.96. The second-order valence-electron chi connectivity index (χ2n) is 5.33. The maximum atomic E-state index is 5.58. The van der Waals surface area contributed by atoms with E-state index in [2.05, 4.69) is 32.1 Å². The lowest BCUT2D eigenvalue weighted by molar-refractivity contribution is 0.222. The third kappa shape index (κ3) is 3.68. The van der Waals surface area contributed by atoms with Gasteiger partial charge in [0.15, 0.2) is 0 Å². The second-order valence-corrected chi connectivity index (χ2v) is 5.33. The van der Waals surface area contributed by atoms with Crippen molar-refractivity contribution in [1.82, 2.24) is 15.0 Å². The van der Waals surface area contributed by atoms with Gasteiger partial charge in [-0.05, 0) is 32.6 Å². The Morgan fingerprint density at radius 2 is 1.89 bits per heavy atom. The average molecular weight is 265 g/mol. The van der Waals surface area contributed by atoms with Gasteiger partial charge in [-0.25, -0.2) is 0 Å². The van der Waals surface area contributed by atoms with Gasteiger partial charge in [0, 0.05) is 20.1 Å². The van der Waals surface area contributed by atoms with Crippen LogP contribution in [0.5, 0.6) is 6.01 Å². The van der Waals surface area contributed by atoms with Gasteiger partial charge in [-0.15, -0.1) is 0 Å². The van der Waals surface area contributed by atoms with Crippen LogP contribution >= 0.6 is 0 Å². The van der Waals surface area contributed by atoms with Crippen LogP contribution in [0.3, 0.4) is 0 Å². The highest BCUT2D eigenvalue weighted by molar-refractivity contribution is 5.38. The number of piperidine rings is 1. The van der Waals surface area contributed by atoms with Crippen molar-refractivity contribution in [3.05, 3.63) is 0 Å². The van der Waals surface area contributed by atoms with Crippen molar-refractivity contribution in [2.24, 2.45) is 5.92 Å². The number of hydrogen-bond acceptors (Lipinski definition) is 6. The lowest BCUT2D eigenvalue weighted by Gasteiger charge is -2.30. The topological polar surface area (TPSA) is 63.2 Å². The lowest BCUT2D eigenvalue weighted by Crippen LogP contribution is -2.34. The Kier molecular flexibility index (Phi) is 4.39. The lowest BCUT2D eigenvalue weighted by atomic mass is 10.00. The quantitative estimate of drug-likeness (QED) is 0.897. The van der Waals surface area contributed by atoms with Crippen molar-refractivity contribution in [3.8, 4) is 6.01 Å². The number of anilines is 2. The van der Waals surface area contributed by atoms with E-state index in [-0.39, 0.29) is 6.10 Å². The highest BCUT2D eigenvalue weighted by Crippen LogP contribution is 2.22. The molecule has 2 heterocycles. The molecule has 0 amide bonds. The third-order valence-electron chi connectivity index (χ3n) is 3.23. The normalized spacial score (nSPS) is 16.8. The molecule has 0 aliphatic carbocycles. The minimum atomic E-state index is 0.0568. The molecule has 1 N–H and O–H groups in total. The number of aromatic nitrogens is 3. The molecule has 6 heteroatoms. The molecule has 0 atom stereocenters. The van der Waals surface area contributed by atoms with E-state index in [1.807, 2.05) is 13.8 Å². The largest absolute Gasteiger partial charge is 0.461 e. The van der Waals surface area contributed by atoms with Crippen LogP contribution < -0.4 is 15.0 Å². The Bertz CT molecular complexity index is 415. The van der Waals surface area contributed by atoms with Crippen LogP contribution in [0.25, 0.3) is 0 Å². The van der Waals surface area contributed by atoms with E-state index in [1.165, 1.54) is 12.8 Å². The van der Waals surface area contributed by atoms with Crippen molar-refractivity contribution in [2.45, 2.75) is 39.7 Å². The smallest absolute Gasteiger partial charge is 0.323 e. The molecule has 1 saturated heterocycles. The summed E-state index contributed by atoms with van der Waals surface area (Å²) in [5.41, 5.74) is 0. The number of ether oxygens (including phenoxy) is 1. The van der Waals surface area contributed by atoms with Gasteiger partial charge in [-0.1, -0.05) is 6.92 Å². The molecule has 0 aromatic carbocycles. The number of nitrogens with one attached hydrogen (secondary N) is 1. The summed E-state index contributed by atoms with van der Waals surface area (Å²) in [6.45, 7) is 8.21. The molecule has 0 saturated carbocycles. The molecule has 106 valence electrons. The van der Waals surface area contributed by atoms with Crippen LogP contribution in [0, 0.1) is 5.92 Å². The maximum absolute atomic E-state index is 5.58. The Morgan fingerprint density at radius 1 is 1.21 bits per heavy atom. The molecule has 0 spiro atoms. The fraction of sp³-hybridized carbons (Fsp3) is 0.769. The molecule has 1 aliphatic heterocycles. The van der Waals surface area contributed by atoms with E-state index in [0.29, 0.717) is 17.9 Å². The molecule has 19 heavy (non-hydrogen) atoms. The molecule has 1 aliphatic rings. The Labute approximate surface area is 114 Å². The molecular weight excluding hydrogens is 242 g/mol. The van der Waals surface area contributed by atoms with Gasteiger partial charge in [0.1, 0.15) is 0 Å². The number of nitrogens with zero attached hydrogens (tertiary/aromatic N) is 4. The zero-order valence-electron chi connectivity index (χ0n) is 12.2.